The molecule has 1 rings (SSSR count). The van der Waals surface area contributed by atoms with Gasteiger partial charge in [0.15, 0.2) is 18.0 Å². The number of benzene rings is 1. The highest BCUT2D eigenvalue weighted by molar-refractivity contribution is 14.1. The summed E-state index contributed by atoms with van der Waals surface area (Å²) in [7, 11) is 0. The molecule has 1 aromatic carbocycles. The Kier molecular flexibility index (Phi) is 17.8. The maximum Gasteiger partial charge on any atom is 0.303 e. The van der Waals surface area contributed by atoms with Gasteiger partial charge in [0.25, 0.3) is 11.8 Å². The smallest absolute Gasteiger partial charge is 0.303 e. The second kappa shape index (κ2) is 19.6. The molecule has 0 aromatic heterocycles. The molecule has 0 aliphatic heterocycles. The Labute approximate surface area is 294 Å². The van der Waals surface area contributed by atoms with Gasteiger partial charge in [-0.3, -0.25) is 33.6 Å². The molecular weight excluding hydrogens is 932 g/mol. The minimum Gasteiger partial charge on any atom is -0.462 e. The lowest BCUT2D eigenvalue weighted by Crippen LogP contribution is -2.40. The number of ketones is 1. The van der Waals surface area contributed by atoms with Gasteiger partial charge < -0.3 is 29.6 Å². The van der Waals surface area contributed by atoms with Crippen molar-refractivity contribution >= 4 is 121 Å². The van der Waals surface area contributed by atoms with E-state index in [0.29, 0.717) is 6.42 Å². The molecule has 0 radical (unpaired) electrons. The van der Waals surface area contributed by atoms with Gasteiger partial charge in [-0.1, -0.05) is 0 Å². The van der Waals surface area contributed by atoms with E-state index in [2.05, 4.69) is 10.6 Å². The number of nitrogens with one attached hydrogen (secondary N) is 2. The van der Waals surface area contributed by atoms with E-state index in [1.54, 1.807) is 0 Å². The molecule has 0 saturated carbocycles. The van der Waals surface area contributed by atoms with Crippen molar-refractivity contribution in [2.75, 3.05) is 32.2 Å². The molecule has 0 bridgehead atoms. The number of alkyl halides is 1. The Hall–Kier alpha value is -1.81. The van der Waals surface area contributed by atoms with Crippen LogP contribution < -0.4 is 10.6 Å². The van der Waals surface area contributed by atoms with Gasteiger partial charge in [0, 0.05) is 56.3 Å². The summed E-state index contributed by atoms with van der Waals surface area (Å²) >= 11 is 11.3. The molecule has 0 spiro atoms. The Morgan fingerprint density at radius 2 is 1.02 bits per heavy atom. The normalized spacial score (nSPS) is 11.9. The molecular formula is C26H30ClI3N2O11. The molecule has 43 heavy (non-hydrogen) atoms. The van der Waals surface area contributed by atoms with E-state index in [1.165, 1.54) is 13.8 Å². The maximum absolute atomic E-state index is 13.5. The van der Waals surface area contributed by atoms with Crippen LogP contribution in [0.1, 0.15) is 71.6 Å². The number of ether oxygens (including phenoxy) is 4. The van der Waals surface area contributed by atoms with Crippen molar-refractivity contribution in [3.8, 4) is 0 Å². The summed E-state index contributed by atoms with van der Waals surface area (Å²) in [5.41, 5.74) is 0.188. The fourth-order valence-corrected chi connectivity index (χ4v) is 8.29. The van der Waals surface area contributed by atoms with Crippen molar-refractivity contribution in [1.29, 1.82) is 0 Å². The molecule has 0 aliphatic carbocycles. The number of halogens is 4. The van der Waals surface area contributed by atoms with Crippen LogP contribution in [0.15, 0.2) is 0 Å². The van der Waals surface area contributed by atoms with Crippen LogP contribution in [0.4, 0.5) is 0 Å². The van der Waals surface area contributed by atoms with Crippen LogP contribution in [-0.4, -0.2) is 85.9 Å². The third kappa shape index (κ3) is 13.4. The van der Waals surface area contributed by atoms with E-state index in [1.807, 2.05) is 67.8 Å². The van der Waals surface area contributed by atoms with E-state index in [-0.39, 0.29) is 71.8 Å². The van der Waals surface area contributed by atoms with E-state index in [9.17, 15) is 33.6 Å². The van der Waals surface area contributed by atoms with Gasteiger partial charge in [0.05, 0.1) is 24.2 Å². The third-order valence-electron chi connectivity index (χ3n) is 5.18. The van der Waals surface area contributed by atoms with Crippen molar-refractivity contribution in [1.82, 2.24) is 10.6 Å². The fourth-order valence-electron chi connectivity index (χ4n) is 3.41. The number of hydrogen-bond acceptors (Lipinski definition) is 11. The molecule has 0 saturated heterocycles. The largest absolute Gasteiger partial charge is 0.462 e. The standard InChI is InChI=1S/C26H30ClI3N2O11/c1-12(33)40-10-16(42-14(3)35)8-31-25(38)20-22(28)19(18(37)6-5-7-27)23(29)21(24(20)30)26(39)32-9-17(43-15(4)36)11-41-13(2)34/h16-17H,5-11H2,1-4H3,(H,31,38)(H,32,39). The summed E-state index contributed by atoms with van der Waals surface area (Å²) in [4.78, 5) is 85.7. The molecule has 2 N–H and O–H groups in total. The van der Waals surface area contributed by atoms with E-state index in [0.717, 1.165) is 13.8 Å². The van der Waals surface area contributed by atoms with Crippen molar-refractivity contribution in [3.63, 3.8) is 0 Å². The van der Waals surface area contributed by atoms with Crippen molar-refractivity contribution in [2.24, 2.45) is 0 Å². The summed E-state index contributed by atoms with van der Waals surface area (Å²) in [6, 6.07) is 0. The molecule has 2 unspecified atom stereocenters. The number of carbonyl (C=O) groups excluding carboxylic acids is 7. The number of amides is 2. The lowest BCUT2D eigenvalue weighted by atomic mass is 9.99. The molecule has 13 nitrogen and oxygen atoms in total. The van der Waals surface area contributed by atoms with Gasteiger partial charge in [-0.2, -0.15) is 0 Å². The molecule has 0 fully saturated rings. The number of rotatable bonds is 16. The first-order valence-corrected chi connectivity index (χ1v) is 16.3. The van der Waals surface area contributed by atoms with Gasteiger partial charge in [0.2, 0.25) is 0 Å². The van der Waals surface area contributed by atoms with Crippen LogP contribution in [0.3, 0.4) is 0 Å². The van der Waals surface area contributed by atoms with Gasteiger partial charge in [-0.05, 0) is 74.2 Å². The SMILES string of the molecule is CC(=O)OCC(CNC(=O)c1c(I)c(C(=O)CCCCl)c(I)c(C(=O)NCC(COC(C)=O)OC(C)=O)c1I)OC(C)=O. The zero-order valence-electron chi connectivity index (χ0n) is 23.6. The summed E-state index contributed by atoms with van der Waals surface area (Å²) < 4.78 is 20.8. The van der Waals surface area contributed by atoms with Crippen LogP contribution in [0.2, 0.25) is 0 Å². The van der Waals surface area contributed by atoms with Crippen LogP contribution >= 0.6 is 79.4 Å². The topological polar surface area (TPSA) is 180 Å². The summed E-state index contributed by atoms with van der Waals surface area (Å²) in [5, 5.41) is 5.23. The van der Waals surface area contributed by atoms with E-state index >= 15 is 0 Å². The highest BCUT2D eigenvalue weighted by atomic mass is 127. The monoisotopic (exact) mass is 962 g/mol. The zero-order valence-corrected chi connectivity index (χ0v) is 30.8. The Bertz CT molecular complexity index is 1180. The predicted octanol–water partition coefficient (Wildman–Crippen LogP) is 3.15. The molecule has 238 valence electrons. The van der Waals surface area contributed by atoms with Gasteiger partial charge in [-0.15, -0.1) is 11.6 Å². The predicted molar refractivity (Wildman–Crippen MR) is 178 cm³/mol. The highest BCUT2D eigenvalue weighted by Crippen LogP contribution is 2.33. The van der Waals surface area contributed by atoms with E-state index < -0.39 is 47.9 Å². The summed E-state index contributed by atoms with van der Waals surface area (Å²) in [6.07, 6.45) is -1.56. The van der Waals surface area contributed by atoms with Crippen LogP contribution in [-0.2, 0) is 38.1 Å². The molecule has 2 amide bonds. The van der Waals surface area contributed by atoms with Crippen molar-refractivity contribution < 1.29 is 52.5 Å². The number of Topliss-reactive ketones (excluding diaryl/α,β-unsaturated/α-hetero) is 1. The molecule has 1 aromatic rings. The van der Waals surface area contributed by atoms with Crippen LogP contribution in [0, 0.1) is 10.7 Å². The fraction of sp³-hybridized carbons (Fsp3) is 0.500. The van der Waals surface area contributed by atoms with E-state index in [4.69, 9.17) is 30.5 Å². The highest BCUT2D eigenvalue weighted by Gasteiger charge is 2.31. The van der Waals surface area contributed by atoms with Crippen molar-refractivity contribution in [2.45, 2.75) is 52.7 Å². The lowest BCUT2D eigenvalue weighted by Gasteiger charge is -2.21. The lowest BCUT2D eigenvalue weighted by molar-refractivity contribution is -0.155. The third-order valence-corrected chi connectivity index (χ3v) is 8.68. The first-order chi connectivity index (χ1) is 20.1. The van der Waals surface area contributed by atoms with Crippen LogP contribution in [0.5, 0.6) is 0 Å². The number of esters is 4. The van der Waals surface area contributed by atoms with Gasteiger partial charge in [0.1, 0.15) is 13.2 Å². The average molecular weight is 963 g/mol. The second-order valence-corrected chi connectivity index (χ2v) is 12.4. The van der Waals surface area contributed by atoms with Gasteiger partial charge in [-0.25, -0.2) is 0 Å². The second-order valence-electron chi connectivity index (χ2n) is 8.77. The minimum atomic E-state index is -0.993. The maximum atomic E-state index is 13.5. The average Bonchev–Trinajstić information content (AvgIpc) is 2.89. The number of carbonyl (C=O) groups is 7. The zero-order chi connectivity index (χ0) is 32.9. The first kappa shape index (κ1) is 39.2. The molecule has 0 heterocycles. The van der Waals surface area contributed by atoms with Crippen LogP contribution in [0.25, 0.3) is 0 Å². The molecule has 2 atom stereocenters. The van der Waals surface area contributed by atoms with Gasteiger partial charge >= 0.3 is 23.9 Å². The number of hydrogen-bond donors (Lipinski definition) is 2. The van der Waals surface area contributed by atoms with Crippen molar-refractivity contribution in [3.05, 3.63) is 27.4 Å². The molecule has 0 aliphatic rings. The quantitative estimate of drug-likeness (QED) is 0.0818. The molecule has 17 heteroatoms. The Morgan fingerprint density at radius 1 is 0.651 bits per heavy atom. The summed E-state index contributed by atoms with van der Waals surface area (Å²) in [6.45, 7) is 3.61. The summed E-state index contributed by atoms with van der Waals surface area (Å²) in [5.74, 6) is -4.00. The Balaban J connectivity index is 3.49. The first-order valence-electron chi connectivity index (χ1n) is 12.6. The Morgan fingerprint density at radius 3 is 1.35 bits per heavy atom. The minimum absolute atomic E-state index is 0.0199.